The molecule has 0 atom stereocenters. The Labute approximate surface area is 126 Å². The van der Waals surface area contributed by atoms with Crippen molar-refractivity contribution in [1.82, 2.24) is 25.2 Å². The van der Waals surface area contributed by atoms with Crippen molar-refractivity contribution in [3.8, 4) is 0 Å². The molecule has 0 saturated carbocycles. The lowest BCUT2D eigenvalue weighted by Gasteiger charge is -2.18. The lowest BCUT2D eigenvalue weighted by Crippen LogP contribution is -2.34. The first-order chi connectivity index (χ1) is 9.16. The number of carbonyl (C=O) groups excluding carboxylic acids is 1. The summed E-state index contributed by atoms with van der Waals surface area (Å²) in [5, 5.41) is 11.3. The second-order valence-electron chi connectivity index (χ2n) is 5.45. The number of halogens is 1. The minimum atomic E-state index is -0.000466. The number of hydrogen-bond acceptors (Lipinski definition) is 4. The zero-order chi connectivity index (χ0) is 13.7. The fraction of sp³-hybridized carbons (Fsp3) is 0.769. The molecule has 1 aromatic heterocycles. The van der Waals surface area contributed by atoms with Gasteiger partial charge in [-0.2, -0.15) is 0 Å². The summed E-state index contributed by atoms with van der Waals surface area (Å²) < 4.78 is 1.77. The molecule has 20 heavy (non-hydrogen) atoms. The fourth-order valence-corrected chi connectivity index (χ4v) is 2.11. The highest BCUT2D eigenvalue weighted by Gasteiger charge is 2.19. The Hall–Kier alpha value is -1.14. The second-order valence-corrected chi connectivity index (χ2v) is 5.45. The van der Waals surface area contributed by atoms with Crippen molar-refractivity contribution in [1.29, 1.82) is 0 Å². The maximum absolute atomic E-state index is 12.3. The van der Waals surface area contributed by atoms with E-state index >= 15 is 0 Å². The third kappa shape index (κ3) is 4.76. The third-order valence-corrected chi connectivity index (χ3v) is 3.32. The van der Waals surface area contributed by atoms with Crippen LogP contribution in [-0.2, 0) is 6.54 Å². The minimum absolute atomic E-state index is 0. The van der Waals surface area contributed by atoms with E-state index in [-0.39, 0.29) is 18.3 Å². The highest BCUT2D eigenvalue weighted by atomic mass is 35.5. The molecule has 1 saturated heterocycles. The zero-order valence-electron chi connectivity index (χ0n) is 12.2. The van der Waals surface area contributed by atoms with E-state index in [0.717, 1.165) is 45.6 Å². The number of hydrogen-bond donors (Lipinski definition) is 1. The van der Waals surface area contributed by atoms with Gasteiger partial charge >= 0.3 is 0 Å². The van der Waals surface area contributed by atoms with E-state index in [0.29, 0.717) is 11.6 Å². The molecule has 1 aromatic rings. The number of aromatic nitrogens is 3. The van der Waals surface area contributed by atoms with Crippen molar-refractivity contribution in [2.75, 3.05) is 26.2 Å². The molecule has 1 aliphatic heterocycles. The summed E-state index contributed by atoms with van der Waals surface area (Å²) in [6.45, 7) is 8.54. The fourth-order valence-electron chi connectivity index (χ4n) is 2.11. The van der Waals surface area contributed by atoms with E-state index in [1.54, 1.807) is 10.9 Å². The van der Waals surface area contributed by atoms with E-state index in [1.165, 1.54) is 0 Å². The highest BCUT2D eigenvalue weighted by Crippen LogP contribution is 2.06. The van der Waals surface area contributed by atoms with E-state index < -0.39 is 0 Å². The summed E-state index contributed by atoms with van der Waals surface area (Å²) in [5.41, 5.74) is 0.464. The number of carbonyl (C=O) groups is 1. The van der Waals surface area contributed by atoms with Gasteiger partial charge in [0.25, 0.3) is 5.91 Å². The van der Waals surface area contributed by atoms with Gasteiger partial charge in [-0.25, -0.2) is 0 Å². The van der Waals surface area contributed by atoms with Crippen LogP contribution in [0.25, 0.3) is 0 Å². The van der Waals surface area contributed by atoms with Gasteiger partial charge in [0.15, 0.2) is 5.69 Å². The van der Waals surface area contributed by atoms with E-state index in [2.05, 4.69) is 29.5 Å². The number of nitrogens with zero attached hydrogens (tertiary/aromatic N) is 4. The van der Waals surface area contributed by atoms with Crippen molar-refractivity contribution in [3.63, 3.8) is 0 Å². The predicted octanol–water partition coefficient (Wildman–Crippen LogP) is 1.18. The average molecular weight is 302 g/mol. The molecule has 1 amide bonds. The number of amides is 1. The maximum Gasteiger partial charge on any atom is 0.276 e. The van der Waals surface area contributed by atoms with Gasteiger partial charge < -0.3 is 10.2 Å². The van der Waals surface area contributed by atoms with Crippen LogP contribution in [0.15, 0.2) is 6.20 Å². The van der Waals surface area contributed by atoms with E-state index in [1.807, 2.05) is 4.90 Å². The van der Waals surface area contributed by atoms with E-state index in [9.17, 15) is 4.79 Å². The van der Waals surface area contributed by atoms with Gasteiger partial charge in [-0.3, -0.25) is 9.48 Å². The van der Waals surface area contributed by atoms with E-state index in [4.69, 9.17) is 0 Å². The highest BCUT2D eigenvalue weighted by molar-refractivity contribution is 5.91. The summed E-state index contributed by atoms with van der Waals surface area (Å²) in [6, 6.07) is 0. The van der Waals surface area contributed by atoms with Crippen LogP contribution in [0.1, 0.15) is 37.2 Å². The summed E-state index contributed by atoms with van der Waals surface area (Å²) in [6.07, 6.45) is 3.81. The standard InChI is InChI=1S/C13H23N5O.ClH/c1-11(2)4-8-18-10-12(15-16-18)13(19)17-7-3-5-14-6-9-17;/h10-11,14H,3-9H2,1-2H3;1H. The van der Waals surface area contributed by atoms with Crippen molar-refractivity contribution in [2.45, 2.75) is 33.2 Å². The van der Waals surface area contributed by atoms with Crippen LogP contribution in [0.5, 0.6) is 0 Å². The van der Waals surface area contributed by atoms with Crippen LogP contribution in [0.2, 0.25) is 0 Å². The Morgan fingerprint density at radius 2 is 2.20 bits per heavy atom. The summed E-state index contributed by atoms with van der Waals surface area (Å²) in [5.74, 6) is 0.625. The molecule has 7 heteroatoms. The van der Waals surface area contributed by atoms with Gasteiger partial charge in [-0.15, -0.1) is 17.5 Å². The van der Waals surface area contributed by atoms with Crippen LogP contribution < -0.4 is 5.32 Å². The molecule has 0 aliphatic carbocycles. The normalized spacial score (nSPS) is 15.8. The first kappa shape index (κ1) is 16.9. The van der Waals surface area contributed by atoms with Crippen molar-refractivity contribution < 1.29 is 4.79 Å². The van der Waals surface area contributed by atoms with Crippen LogP contribution in [0.3, 0.4) is 0 Å². The Bertz CT molecular complexity index is 413. The minimum Gasteiger partial charge on any atom is -0.336 e. The van der Waals surface area contributed by atoms with Crippen molar-refractivity contribution >= 4 is 18.3 Å². The van der Waals surface area contributed by atoms with Crippen LogP contribution in [0, 0.1) is 5.92 Å². The lowest BCUT2D eigenvalue weighted by atomic mass is 10.1. The quantitative estimate of drug-likeness (QED) is 0.907. The molecule has 114 valence electrons. The summed E-state index contributed by atoms with van der Waals surface area (Å²) >= 11 is 0. The van der Waals surface area contributed by atoms with Gasteiger partial charge in [0.2, 0.25) is 0 Å². The topological polar surface area (TPSA) is 63.1 Å². The molecule has 1 aliphatic rings. The Kier molecular flexibility index (Phi) is 6.95. The molecule has 0 spiro atoms. The van der Waals surface area contributed by atoms with Crippen molar-refractivity contribution in [2.24, 2.45) is 5.92 Å². The molecule has 0 radical (unpaired) electrons. The zero-order valence-corrected chi connectivity index (χ0v) is 13.0. The Morgan fingerprint density at radius 3 is 2.95 bits per heavy atom. The molecule has 1 fully saturated rings. The Morgan fingerprint density at radius 1 is 1.40 bits per heavy atom. The number of rotatable bonds is 4. The average Bonchev–Trinajstić information content (AvgIpc) is 2.69. The SMILES string of the molecule is CC(C)CCn1cc(C(=O)N2CCCNCC2)nn1.Cl. The van der Waals surface area contributed by atoms with Crippen LogP contribution in [-0.4, -0.2) is 52.0 Å². The number of aryl methyl sites for hydroxylation is 1. The molecular weight excluding hydrogens is 278 g/mol. The third-order valence-electron chi connectivity index (χ3n) is 3.32. The monoisotopic (exact) mass is 301 g/mol. The number of nitrogens with one attached hydrogen (secondary N) is 1. The summed E-state index contributed by atoms with van der Waals surface area (Å²) in [4.78, 5) is 14.1. The largest absolute Gasteiger partial charge is 0.336 e. The molecule has 6 nitrogen and oxygen atoms in total. The van der Waals surface area contributed by atoms with Crippen LogP contribution in [0.4, 0.5) is 0 Å². The predicted molar refractivity (Wildman–Crippen MR) is 80.1 cm³/mol. The Balaban J connectivity index is 0.00000200. The van der Waals surface area contributed by atoms with Gasteiger partial charge in [-0.05, 0) is 25.3 Å². The summed E-state index contributed by atoms with van der Waals surface area (Å²) in [7, 11) is 0. The van der Waals surface area contributed by atoms with Crippen molar-refractivity contribution in [3.05, 3.63) is 11.9 Å². The molecule has 2 rings (SSSR count). The molecule has 0 unspecified atom stereocenters. The molecule has 2 heterocycles. The molecule has 1 N–H and O–H groups in total. The molecule has 0 bridgehead atoms. The maximum atomic E-state index is 12.3. The van der Waals surface area contributed by atoms with Gasteiger partial charge in [-0.1, -0.05) is 19.1 Å². The molecule has 0 aromatic carbocycles. The second kappa shape index (κ2) is 8.21. The lowest BCUT2D eigenvalue weighted by molar-refractivity contribution is 0.0760. The molecular formula is C13H24ClN5O. The smallest absolute Gasteiger partial charge is 0.276 e. The van der Waals surface area contributed by atoms with Gasteiger partial charge in [0.05, 0.1) is 6.20 Å². The van der Waals surface area contributed by atoms with Gasteiger partial charge in [0, 0.05) is 26.2 Å². The van der Waals surface area contributed by atoms with Crippen LogP contribution >= 0.6 is 12.4 Å². The first-order valence-electron chi connectivity index (χ1n) is 7.07. The van der Waals surface area contributed by atoms with Gasteiger partial charge in [0.1, 0.15) is 0 Å². The first-order valence-corrected chi connectivity index (χ1v) is 7.07.